The lowest BCUT2D eigenvalue weighted by molar-refractivity contribution is -0.123. The van der Waals surface area contributed by atoms with Gasteiger partial charge in [-0.25, -0.2) is 0 Å². The van der Waals surface area contributed by atoms with E-state index in [0.29, 0.717) is 12.5 Å². The van der Waals surface area contributed by atoms with Gasteiger partial charge in [-0.05, 0) is 18.9 Å². The number of hydrogen-bond donors (Lipinski definition) is 1. The van der Waals surface area contributed by atoms with Crippen LogP contribution in [-0.4, -0.2) is 62.1 Å². The Morgan fingerprint density at radius 1 is 1.12 bits per heavy atom. The molecule has 0 radical (unpaired) electrons. The number of para-hydroxylation sites is 1. The maximum absolute atomic E-state index is 12.3. The number of rotatable bonds is 7. The zero-order chi connectivity index (χ0) is 17.5. The first-order valence-electron chi connectivity index (χ1n) is 8.86. The van der Waals surface area contributed by atoms with Crippen LogP contribution in [-0.2, 0) is 4.79 Å². The van der Waals surface area contributed by atoms with Gasteiger partial charge in [0.1, 0.15) is 5.75 Å². The second-order valence-corrected chi connectivity index (χ2v) is 7.00. The molecule has 1 aliphatic heterocycles. The molecule has 0 bridgehead atoms. The Bertz CT molecular complexity index is 525. The summed E-state index contributed by atoms with van der Waals surface area (Å²) >= 11 is 0. The lowest BCUT2D eigenvalue weighted by Crippen LogP contribution is -2.50. The third-order valence-electron chi connectivity index (χ3n) is 4.44. The highest BCUT2D eigenvalue weighted by Gasteiger charge is 2.20. The van der Waals surface area contributed by atoms with Crippen LogP contribution < -0.4 is 10.1 Å². The van der Waals surface area contributed by atoms with Gasteiger partial charge in [0.2, 0.25) is 5.91 Å². The monoisotopic (exact) mass is 333 g/mol. The van der Waals surface area contributed by atoms with E-state index in [1.165, 1.54) is 0 Å². The Labute approximate surface area is 146 Å². The van der Waals surface area contributed by atoms with E-state index in [1.807, 2.05) is 31.2 Å². The predicted molar refractivity (Wildman–Crippen MR) is 97.3 cm³/mol. The van der Waals surface area contributed by atoms with Gasteiger partial charge in [-0.1, -0.05) is 32.0 Å². The van der Waals surface area contributed by atoms with Crippen molar-refractivity contribution in [1.82, 2.24) is 15.1 Å². The standard InChI is InChI=1S/C19H31N3O2/c1-15(2)13-21-9-11-22(12-10-21)14-19(23)20-16(3)17-7-5-6-8-18(17)24-4/h5-8,15-16H,9-14H2,1-4H3,(H,20,23). The van der Waals surface area contributed by atoms with Gasteiger partial charge in [-0.3, -0.25) is 9.69 Å². The third-order valence-corrected chi connectivity index (χ3v) is 4.44. The van der Waals surface area contributed by atoms with E-state index in [4.69, 9.17) is 4.74 Å². The van der Waals surface area contributed by atoms with Crippen molar-refractivity contribution in [3.05, 3.63) is 29.8 Å². The number of piperazine rings is 1. The molecule has 2 rings (SSSR count). The van der Waals surface area contributed by atoms with Crippen LogP contribution in [0.25, 0.3) is 0 Å². The largest absolute Gasteiger partial charge is 0.496 e. The zero-order valence-electron chi connectivity index (χ0n) is 15.4. The maximum Gasteiger partial charge on any atom is 0.234 e. The molecule has 134 valence electrons. The first-order chi connectivity index (χ1) is 11.5. The molecule has 5 heteroatoms. The van der Waals surface area contributed by atoms with Crippen molar-refractivity contribution in [3.63, 3.8) is 0 Å². The third kappa shape index (κ3) is 5.49. The van der Waals surface area contributed by atoms with Crippen LogP contribution in [0, 0.1) is 5.92 Å². The Kier molecular flexibility index (Phi) is 7.06. The normalized spacial score (nSPS) is 17.7. The molecular formula is C19H31N3O2. The molecule has 5 nitrogen and oxygen atoms in total. The van der Waals surface area contributed by atoms with Crippen molar-refractivity contribution in [2.75, 3.05) is 46.4 Å². The topological polar surface area (TPSA) is 44.8 Å². The summed E-state index contributed by atoms with van der Waals surface area (Å²) in [4.78, 5) is 17.1. The van der Waals surface area contributed by atoms with Crippen molar-refractivity contribution in [2.24, 2.45) is 5.92 Å². The summed E-state index contributed by atoms with van der Waals surface area (Å²) in [6.45, 7) is 12.1. The number of benzene rings is 1. The number of amides is 1. The van der Waals surface area contributed by atoms with Gasteiger partial charge in [-0.2, -0.15) is 0 Å². The van der Waals surface area contributed by atoms with E-state index in [9.17, 15) is 4.79 Å². The molecule has 1 saturated heterocycles. The summed E-state index contributed by atoms with van der Waals surface area (Å²) in [6, 6.07) is 7.76. The number of nitrogens with zero attached hydrogens (tertiary/aromatic N) is 2. The van der Waals surface area contributed by atoms with E-state index in [2.05, 4.69) is 29.0 Å². The summed E-state index contributed by atoms with van der Waals surface area (Å²) < 4.78 is 5.37. The molecule has 1 fully saturated rings. The quantitative estimate of drug-likeness (QED) is 0.830. The van der Waals surface area contributed by atoms with Crippen molar-refractivity contribution >= 4 is 5.91 Å². The van der Waals surface area contributed by atoms with Crippen LogP contribution in [0.1, 0.15) is 32.4 Å². The molecule has 1 heterocycles. The van der Waals surface area contributed by atoms with Gasteiger partial charge >= 0.3 is 0 Å². The number of ether oxygens (including phenoxy) is 1. The van der Waals surface area contributed by atoms with Gasteiger partial charge in [0.15, 0.2) is 0 Å². The number of nitrogens with one attached hydrogen (secondary N) is 1. The van der Waals surface area contributed by atoms with Crippen LogP contribution in [0.5, 0.6) is 5.75 Å². The van der Waals surface area contributed by atoms with E-state index in [1.54, 1.807) is 7.11 Å². The second kappa shape index (κ2) is 9.04. The lowest BCUT2D eigenvalue weighted by atomic mass is 10.1. The summed E-state index contributed by atoms with van der Waals surface area (Å²) in [7, 11) is 1.66. The molecular weight excluding hydrogens is 302 g/mol. The molecule has 1 amide bonds. The Morgan fingerprint density at radius 3 is 2.38 bits per heavy atom. The molecule has 24 heavy (non-hydrogen) atoms. The number of methoxy groups -OCH3 is 1. The highest BCUT2D eigenvalue weighted by Crippen LogP contribution is 2.24. The second-order valence-electron chi connectivity index (χ2n) is 7.00. The fraction of sp³-hybridized carbons (Fsp3) is 0.632. The smallest absolute Gasteiger partial charge is 0.234 e. The Balaban J connectivity index is 1.79. The predicted octanol–water partition coefficient (Wildman–Crippen LogP) is 2.15. The summed E-state index contributed by atoms with van der Waals surface area (Å²) in [5.74, 6) is 1.58. The fourth-order valence-corrected chi connectivity index (χ4v) is 3.24. The molecule has 1 atom stereocenters. The molecule has 1 aliphatic rings. The van der Waals surface area contributed by atoms with Crippen LogP contribution >= 0.6 is 0 Å². The van der Waals surface area contributed by atoms with Crippen LogP contribution in [0.4, 0.5) is 0 Å². The molecule has 0 saturated carbocycles. The first kappa shape index (κ1) is 18.7. The van der Waals surface area contributed by atoms with Gasteiger partial charge < -0.3 is 15.0 Å². The average Bonchev–Trinajstić information content (AvgIpc) is 2.56. The van der Waals surface area contributed by atoms with Crippen LogP contribution in [0.2, 0.25) is 0 Å². The van der Waals surface area contributed by atoms with Gasteiger partial charge in [0.05, 0.1) is 19.7 Å². The summed E-state index contributed by atoms with van der Waals surface area (Å²) in [6.07, 6.45) is 0. The van der Waals surface area contributed by atoms with Gasteiger partial charge in [-0.15, -0.1) is 0 Å². The molecule has 0 aliphatic carbocycles. The minimum atomic E-state index is -0.0594. The van der Waals surface area contributed by atoms with E-state index in [0.717, 1.165) is 44.0 Å². The minimum absolute atomic E-state index is 0.0594. The van der Waals surface area contributed by atoms with Crippen molar-refractivity contribution in [1.29, 1.82) is 0 Å². The van der Waals surface area contributed by atoms with Crippen molar-refractivity contribution in [2.45, 2.75) is 26.8 Å². The average molecular weight is 333 g/mol. The van der Waals surface area contributed by atoms with E-state index in [-0.39, 0.29) is 11.9 Å². The van der Waals surface area contributed by atoms with Crippen LogP contribution in [0.3, 0.4) is 0 Å². The summed E-state index contributed by atoms with van der Waals surface area (Å²) in [5, 5.41) is 3.09. The molecule has 1 aromatic rings. The van der Waals surface area contributed by atoms with Crippen LogP contribution in [0.15, 0.2) is 24.3 Å². The molecule has 1 unspecified atom stereocenters. The maximum atomic E-state index is 12.3. The highest BCUT2D eigenvalue weighted by atomic mass is 16.5. The van der Waals surface area contributed by atoms with Gasteiger partial charge in [0.25, 0.3) is 0 Å². The molecule has 0 aromatic heterocycles. The number of carbonyl (C=O) groups is 1. The highest BCUT2D eigenvalue weighted by molar-refractivity contribution is 5.78. The Morgan fingerprint density at radius 2 is 1.75 bits per heavy atom. The van der Waals surface area contributed by atoms with Gasteiger partial charge in [0, 0.05) is 38.3 Å². The number of hydrogen-bond acceptors (Lipinski definition) is 4. The lowest BCUT2D eigenvalue weighted by Gasteiger charge is -2.35. The zero-order valence-corrected chi connectivity index (χ0v) is 15.4. The molecule has 0 spiro atoms. The Hall–Kier alpha value is -1.59. The van der Waals surface area contributed by atoms with Crippen molar-refractivity contribution in [3.8, 4) is 5.75 Å². The summed E-state index contributed by atoms with van der Waals surface area (Å²) in [5.41, 5.74) is 1.01. The first-order valence-corrected chi connectivity index (χ1v) is 8.86. The molecule has 1 aromatic carbocycles. The fourth-order valence-electron chi connectivity index (χ4n) is 3.24. The van der Waals surface area contributed by atoms with E-state index >= 15 is 0 Å². The molecule has 1 N–H and O–H groups in total. The van der Waals surface area contributed by atoms with E-state index < -0.39 is 0 Å². The SMILES string of the molecule is COc1ccccc1C(C)NC(=O)CN1CCN(CC(C)C)CC1. The number of carbonyl (C=O) groups excluding carboxylic acids is 1. The van der Waals surface area contributed by atoms with Crippen molar-refractivity contribution < 1.29 is 9.53 Å². The minimum Gasteiger partial charge on any atom is -0.496 e.